The minimum atomic E-state index is 0.169. The van der Waals surface area contributed by atoms with Crippen molar-refractivity contribution in [3.05, 3.63) is 4.84 Å². The van der Waals surface area contributed by atoms with Gasteiger partial charge in [0.15, 0.2) is 0 Å². The zero-order chi connectivity index (χ0) is 10.6. The van der Waals surface area contributed by atoms with E-state index in [0.717, 1.165) is 13.0 Å². The van der Waals surface area contributed by atoms with Gasteiger partial charge in [0.25, 0.3) is 5.95 Å². The fourth-order valence-electron chi connectivity index (χ4n) is 1.01. The van der Waals surface area contributed by atoms with E-state index in [9.17, 15) is 0 Å². The molecule has 0 aromatic carbocycles. The van der Waals surface area contributed by atoms with Gasteiger partial charge in [0.2, 0.25) is 0 Å². The highest BCUT2D eigenvalue weighted by molar-refractivity contribution is 7.71. The van der Waals surface area contributed by atoms with E-state index in [4.69, 9.17) is 22.6 Å². The molecule has 0 radical (unpaired) electrons. The van der Waals surface area contributed by atoms with E-state index in [1.807, 2.05) is 14.1 Å². The molecule has 3 N–H and O–H groups in total. The standard InChI is InChI=1S/C7H15N5OS/c1-11(2)4-3-5-12(8)6-9-7(14)13-10-6/h3-5,8H2,1-2H3,(H,9,10,14). The summed E-state index contributed by atoms with van der Waals surface area (Å²) in [6.07, 6.45) is 0.955. The summed E-state index contributed by atoms with van der Waals surface area (Å²) in [5, 5.41) is 4.03. The second-order valence-corrected chi connectivity index (χ2v) is 3.60. The largest absolute Gasteiger partial charge is 0.346 e. The lowest BCUT2D eigenvalue weighted by atomic mass is 10.4. The van der Waals surface area contributed by atoms with Crippen LogP contribution in [0.15, 0.2) is 4.52 Å². The number of hydrogen-bond donors (Lipinski definition) is 2. The lowest BCUT2D eigenvalue weighted by Crippen LogP contribution is -2.34. The molecular formula is C7H15N5OS. The Bertz CT molecular complexity index is 320. The van der Waals surface area contributed by atoms with Crippen molar-refractivity contribution >= 4 is 18.2 Å². The fourth-order valence-corrected chi connectivity index (χ4v) is 1.14. The molecule has 0 fully saturated rings. The quantitative estimate of drug-likeness (QED) is 0.421. The highest BCUT2D eigenvalue weighted by Gasteiger charge is 2.05. The Hall–Kier alpha value is -0.920. The van der Waals surface area contributed by atoms with Gasteiger partial charge in [0.1, 0.15) is 0 Å². The summed E-state index contributed by atoms with van der Waals surface area (Å²) in [6, 6.07) is 0. The van der Waals surface area contributed by atoms with Crippen LogP contribution in [-0.2, 0) is 0 Å². The van der Waals surface area contributed by atoms with Crippen molar-refractivity contribution in [2.24, 2.45) is 5.84 Å². The van der Waals surface area contributed by atoms with Crippen LogP contribution in [0, 0.1) is 4.84 Å². The van der Waals surface area contributed by atoms with Crippen LogP contribution in [0.1, 0.15) is 6.42 Å². The van der Waals surface area contributed by atoms with Crippen molar-refractivity contribution in [2.45, 2.75) is 6.42 Å². The van der Waals surface area contributed by atoms with Crippen molar-refractivity contribution < 1.29 is 4.52 Å². The number of nitrogens with two attached hydrogens (primary N) is 1. The summed E-state index contributed by atoms with van der Waals surface area (Å²) < 4.78 is 4.76. The van der Waals surface area contributed by atoms with Crippen LogP contribution < -0.4 is 10.9 Å². The highest BCUT2D eigenvalue weighted by atomic mass is 32.1. The molecule has 0 atom stereocenters. The summed E-state index contributed by atoms with van der Waals surface area (Å²) >= 11 is 4.71. The second kappa shape index (κ2) is 5.08. The Balaban J connectivity index is 2.35. The minimum absolute atomic E-state index is 0.169. The molecule has 7 heteroatoms. The number of nitrogens with zero attached hydrogens (tertiary/aromatic N) is 3. The van der Waals surface area contributed by atoms with E-state index in [1.165, 1.54) is 5.01 Å². The average Bonchev–Trinajstić information content (AvgIpc) is 2.51. The Morgan fingerprint density at radius 3 is 2.71 bits per heavy atom. The number of anilines is 1. The van der Waals surface area contributed by atoms with Gasteiger partial charge in [0.05, 0.1) is 0 Å². The van der Waals surface area contributed by atoms with E-state index in [0.29, 0.717) is 12.5 Å². The van der Waals surface area contributed by atoms with E-state index in [2.05, 4.69) is 15.0 Å². The normalized spacial score (nSPS) is 10.9. The van der Waals surface area contributed by atoms with Crippen LogP contribution in [0.2, 0.25) is 0 Å². The number of aromatic nitrogens is 2. The first-order valence-corrected chi connectivity index (χ1v) is 4.73. The number of hydrazine groups is 1. The van der Waals surface area contributed by atoms with Gasteiger partial charge >= 0.3 is 4.84 Å². The zero-order valence-corrected chi connectivity index (χ0v) is 9.17. The minimum Gasteiger partial charge on any atom is -0.346 e. The first-order chi connectivity index (χ1) is 6.59. The fraction of sp³-hybridized carbons (Fsp3) is 0.714. The topological polar surface area (TPSA) is 74.3 Å². The third-order valence-corrected chi connectivity index (χ3v) is 1.88. The van der Waals surface area contributed by atoms with Crippen LogP contribution in [-0.4, -0.2) is 42.2 Å². The molecule has 0 amide bonds. The summed E-state index contributed by atoms with van der Waals surface area (Å²) in [6.45, 7) is 1.68. The number of rotatable bonds is 5. The molecule has 0 bridgehead atoms. The smallest absolute Gasteiger partial charge is 0.315 e. The van der Waals surface area contributed by atoms with Gasteiger partial charge < -0.3 is 9.42 Å². The Morgan fingerprint density at radius 2 is 2.21 bits per heavy atom. The molecule has 14 heavy (non-hydrogen) atoms. The highest BCUT2D eigenvalue weighted by Crippen LogP contribution is 2.02. The van der Waals surface area contributed by atoms with Crippen molar-refractivity contribution in [2.75, 3.05) is 32.2 Å². The molecule has 0 saturated heterocycles. The number of hydrogen-bond acceptors (Lipinski definition) is 6. The summed E-state index contributed by atoms with van der Waals surface area (Å²) in [4.78, 5) is 6.15. The zero-order valence-electron chi connectivity index (χ0n) is 8.36. The third-order valence-electron chi connectivity index (χ3n) is 1.70. The maximum atomic E-state index is 5.71. The Kier molecular flexibility index (Phi) is 4.05. The molecule has 0 unspecified atom stereocenters. The summed E-state index contributed by atoms with van der Waals surface area (Å²) in [5.74, 6) is 6.18. The molecule has 0 aliphatic carbocycles. The number of H-pyrrole nitrogens is 1. The summed E-state index contributed by atoms with van der Waals surface area (Å²) in [5.41, 5.74) is 0. The Labute approximate surface area is 87.6 Å². The van der Waals surface area contributed by atoms with Gasteiger partial charge in [-0.25, -0.2) is 5.84 Å². The average molecular weight is 217 g/mol. The second-order valence-electron chi connectivity index (χ2n) is 3.26. The van der Waals surface area contributed by atoms with Crippen LogP contribution in [0.25, 0.3) is 0 Å². The molecular weight excluding hydrogens is 202 g/mol. The van der Waals surface area contributed by atoms with Crippen molar-refractivity contribution in [1.29, 1.82) is 0 Å². The maximum Gasteiger partial charge on any atom is 0.315 e. The van der Waals surface area contributed by atoms with Gasteiger partial charge in [-0.1, -0.05) is 0 Å². The van der Waals surface area contributed by atoms with Crippen molar-refractivity contribution in [3.63, 3.8) is 0 Å². The van der Waals surface area contributed by atoms with Gasteiger partial charge in [-0.3, -0.25) is 5.01 Å². The van der Waals surface area contributed by atoms with Gasteiger partial charge in [0, 0.05) is 6.54 Å². The molecule has 0 aliphatic rings. The maximum absolute atomic E-state index is 5.71. The lowest BCUT2D eigenvalue weighted by molar-refractivity contribution is 0.394. The van der Waals surface area contributed by atoms with E-state index in [-0.39, 0.29) is 4.84 Å². The van der Waals surface area contributed by atoms with Gasteiger partial charge in [-0.05, 0) is 39.3 Å². The molecule has 1 heterocycles. The molecule has 0 spiro atoms. The van der Waals surface area contributed by atoms with E-state index < -0.39 is 0 Å². The molecule has 6 nitrogen and oxygen atoms in total. The van der Waals surface area contributed by atoms with Gasteiger partial charge in [-0.2, -0.15) is 10.1 Å². The molecule has 80 valence electrons. The first-order valence-electron chi connectivity index (χ1n) is 4.32. The number of aromatic amines is 1. The molecule has 0 saturated carbocycles. The van der Waals surface area contributed by atoms with E-state index >= 15 is 0 Å². The third kappa shape index (κ3) is 3.44. The monoisotopic (exact) mass is 217 g/mol. The predicted molar refractivity (Wildman–Crippen MR) is 56.4 cm³/mol. The van der Waals surface area contributed by atoms with Crippen LogP contribution in [0.4, 0.5) is 5.95 Å². The van der Waals surface area contributed by atoms with Crippen molar-refractivity contribution in [1.82, 2.24) is 15.0 Å². The van der Waals surface area contributed by atoms with Crippen LogP contribution >= 0.6 is 12.2 Å². The Morgan fingerprint density at radius 1 is 1.50 bits per heavy atom. The van der Waals surface area contributed by atoms with Crippen LogP contribution in [0.3, 0.4) is 0 Å². The van der Waals surface area contributed by atoms with Crippen LogP contribution in [0.5, 0.6) is 0 Å². The first kappa shape index (κ1) is 11.2. The van der Waals surface area contributed by atoms with Gasteiger partial charge in [-0.15, -0.1) is 0 Å². The number of nitrogens with one attached hydrogen (secondary N) is 1. The van der Waals surface area contributed by atoms with Crippen molar-refractivity contribution in [3.8, 4) is 0 Å². The molecule has 0 aliphatic heterocycles. The molecule has 1 rings (SSSR count). The lowest BCUT2D eigenvalue weighted by Gasteiger charge is -2.15. The predicted octanol–water partition coefficient (Wildman–Crippen LogP) is 0.364. The summed E-state index contributed by atoms with van der Waals surface area (Å²) in [7, 11) is 4.04. The SMILES string of the molecule is CN(C)CCCN(N)c1nc(=S)o[nH]1. The van der Waals surface area contributed by atoms with E-state index in [1.54, 1.807) is 0 Å². The molecule has 1 aromatic rings. The molecule has 1 aromatic heterocycles.